The van der Waals surface area contributed by atoms with Crippen molar-refractivity contribution >= 4 is 22.6 Å². The van der Waals surface area contributed by atoms with Gasteiger partial charge in [0.05, 0.1) is 16.9 Å². The van der Waals surface area contributed by atoms with Gasteiger partial charge < -0.3 is 9.47 Å². The van der Waals surface area contributed by atoms with Crippen LogP contribution in [0.25, 0.3) is 11.0 Å². The van der Waals surface area contributed by atoms with Crippen molar-refractivity contribution < 1.29 is 4.39 Å². The van der Waals surface area contributed by atoms with Crippen molar-refractivity contribution in [1.29, 1.82) is 0 Å². The van der Waals surface area contributed by atoms with Gasteiger partial charge in [-0.1, -0.05) is 0 Å². The SMILES string of the molecule is Cc1cc2c(cc1F)nc(CCl)n2CC1CCN(C)C1. The highest BCUT2D eigenvalue weighted by Gasteiger charge is 2.22. The molecular weight excluding hydrogens is 277 g/mol. The van der Waals surface area contributed by atoms with Crippen molar-refractivity contribution in [1.82, 2.24) is 14.5 Å². The van der Waals surface area contributed by atoms with Crippen LogP contribution in [-0.2, 0) is 12.4 Å². The van der Waals surface area contributed by atoms with E-state index in [0.29, 0.717) is 22.9 Å². The molecule has 1 aromatic heterocycles. The first kappa shape index (κ1) is 13.8. The molecule has 1 aromatic carbocycles. The standard InChI is InChI=1S/C15H19ClFN3/c1-10-5-14-13(6-12(10)17)18-15(7-16)20(14)9-11-3-4-19(2)8-11/h5-6,11H,3-4,7-9H2,1-2H3. The molecule has 1 unspecified atom stereocenters. The van der Waals surface area contributed by atoms with Crippen LogP contribution in [0, 0.1) is 18.7 Å². The second-order valence-corrected chi connectivity index (χ2v) is 6.05. The number of hydrogen-bond donors (Lipinski definition) is 0. The average molecular weight is 296 g/mol. The fourth-order valence-electron chi connectivity index (χ4n) is 3.04. The Labute approximate surface area is 123 Å². The van der Waals surface area contributed by atoms with Crippen molar-refractivity contribution in [3.05, 3.63) is 29.3 Å². The Hall–Kier alpha value is -1.13. The van der Waals surface area contributed by atoms with Crippen LogP contribution >= 0.6 is 11.6 Å². The molecule has 0 N–H and O–H groups in total. The predicted octanol–water partition coefficient (Wildman–Crippen LogP) is 3.17. The Morgan fingerprint density at radius 1 is 1.45 bits per heavy atom. The van der Waals surface area contributed by atoms with Crippen molar-refractivity contribution in [2.24, 2.45) is 5.92 Å². The van der Waals surface area contributed by atoms with E-state index in [9.17, 15) is 4.39 Å². The maximum absolute atomic E-state index is 13.7. The average Bonchev–Trinajstić information content (AvgIpc) is 2.96. The summed E-state index contributed by atoms with van der Waals surface area (Å²) in [6.07, 6.45) is 1.19. The molecule has 0 saturated carbocycles. The van der Waals surface area contributed by atoms with Crippen LogP contribution in [0.3, 0.4) is 0 Å². The molecule has 0 amide bonds. The zero-order valence-electron chi connectivity index (χ0n) is 11.9. The van der Waals surface area contributed by atoms with Gasteiger partial charge in [-0.15, -0.1) is 11.6 Å². The molecule has 5 heteroatoms. The van der Waals surface area contributed by atoms with E-state index in [1.165, 1.54) is 12.5 Å². The van der Waals surface area contributed by atoms with Gasteiger partial charge in [-0.05, 0) is 44.5 Å². The lowest BCUT2D eigenvalue weighted by Gasteiger charge is -2.14. The normalized spacial score (nSPS) is 20.1. The highest BCUT2D eigenvalue weighted by atomic mass is 35.5. The van der Waals surface area contributed by atoms with Crippen molar-refractivity contribution in [2.45, 2.75) is 25.8 Å². The fraction of sp³-hybridized carbons (Fsp3) is 0.533. The van der Waals surface area contributed by atoms with Crippen molar-refractivity contribution in [2.75, 3.05) is 20.1 Å². The van der Waals surface area contributed by atoms with Gasteiger partial charge in [-0.2, -0.15) is 0 Å². The number of likely N-dealkylation sites (tertiary alicyclic amines) is 1. The molecule has 2 heterocycles. The van der Waals surface area contributed by atoms with Crippen LogP contribution in [0.15, 0.2) is 12.1 Å². The van der Waals surface area contributed by atoms with Crippen LogP contribution in [-0.4, -0.2) is 34.6 Å². The van der Waals surface area contributed by atoms with E-state index < -0.39 is 0 Å². The van der Waals surface area contributed by atoms with Crippen LogP contribution in [0.1, 0.15) is 17.8 Å². The third kappa shape index (κ3) is 2.42. The zero-order valence-corrected chi connectivity index (χ0v) is 12.6. The number of rotatable bonds is 3. The molecule has 108 valence electrons. The van der Waals surface area contributed by atoms with Gasteiger partial charge in [-0.25, -0.2) is 9.37 Å². The first-order chi connectivity index (χ1) is 9.58. The summed E-state index contributed by atoms with van der Waals surface area (Å²) >= 11 is 6.01. The van der Waals surface area contributed by atoms with E-state index in [4.69, 9.17) is 11.6 Å². The highest BCUT2D eigenvalue weighted by molar-refractivity contribution is 6.16. The summed E-state index contributed by atoms with van der Waals surface area (Å²) < 4.78 is 15.8. The Balaban J connectivity index is 2.01. The Bertz CT molecular complexity index is 638. The minimum absolute atomic E-state index is 0.205. The lowest BCUT2D eigenvalue weighted by Crippen LogP contribution is -2.18. The number of alkyl halides is 1. The van der Waals surface area contributed by atoms with Crippen LogP contribution in [0.5, 0.6) is 0 Å². The smallest absolute Gasteiger partial charge is 0.128 e. The van der Waals surface area contributed by atoms with E-state index >= 15 is 0 Å². The number of imidazole rings is 1. The zero-order chi connectivity index (χ0) is 14.3. The Morgan fingerprint density at radius 2 is 2.25 bits per heavy atom. The number of nitrogens with zero attached hydrogens (tertiary/aromatic N) is 3. The third-order valence-corrected chi connectivity index (χ3v) is 4.40. The summed E-state index contributed by atoms with van der Waals surface area (Å²) in [6.45, 7) is 4.94. The minimum atomic E-state index is -0.205. The fourth-order valence-corrected chi connectivity index (χ4v) is 3.24. The molecule has 1 aliphatic rings. The van der Waals surface area contributed by atoms with E-state index in [1.54, 1.807) is 6.92 Å². The largest absolute Gasteiger partial charge is 0.327 e. The summed E-state index contributed by atoms with van der Waals surface area (Å²) in [5.74, 6) is 1.60. The molecule has 1 atom stereocenters. The van der Waals surface area contributed by atoms with Gasteiger partial charge in [0.2, 0.25) is 0 Å². The molecule has 0 bridgehead atoms. The van der Waals surface area contributed by atoms with Gasteiger partial charge >= 0.3 is 0 Å². The van der Waals surface area contributed by atoms with Crippen LogP contribution in [0.2, 0.25) is 0 Å². The first-order valence-corrected chi connectivity index (χ1v) is 7.51. The number of aryl methyl sites for hydroxylation is 1. The second kappa shape index (κ2) is 5.34. The summed E-state index contributed by atoms with van der Waals surface area (Å²) in [5, 5.41) is 0. The summed E-state index contributed by atoms with van der Waals surface area (Å²) in [7, 11) is 2.15. The van der Waals surface area contributed by atoms with Gasteiger partial charge in [0.15, 0.2) is 0 Å². The van der Waals surface area contributed by atoms with E-state index in [0.717, 1.165) is 31.0 Å². The molecule has 20 heavy (non-hydrogen) atoms. The Kier molecular flexibility index (Phi) is 3.69. The molecular formula is C15H19ClFN3. The van der Waals surface area contributed by atoms with Crippen molar-refractivity contribution in [3.8, 4) is 0 Å². The van der Waals surface area contributed by atoms with E-state index in [-0.39, 0.29) is 5.82 Å². The quantitative estimate of drug-likeness (QED) is 0.811. The maximum Gasteiger partial charge on any atom is 0.128 e. The summed E-state index contributed by atoms with van der Waals surface area (Å²) in [4.78, 5) is 6.81. The lowest BCUT2D eigenvalue weighted by molar-refractivity contribution is 0.378. The van der Waals surface area contributed by atoms with Gasteiger partial charge in [0.25, 0.3) is 0 Å². The molecule has 1 fully saturated rings. The van der Waals surface area contributed by atoms with Crippen LogP contribution in [0.4, 0.5) is 4.39 Å². The minimum Gasteiger partial charge on any atom is -0.327 e. The van der Waals surface area contributed by atoms with Gasteiger partial charge in [-0.3, -0.25) is 0 Å². The lowest BCUT2D eigenvalue weighted by atomic mass is 10.1. The molecule has 0 radical (unpaired) electrons. The number of fused-ring (bicyclic) bond motifs is 1. The molecule has 1 aliphatic heterocycles. The van der Waals surface area contributed by atoms with E-state index in [2.05, 4.69) is 21.5 Å². The number of aromatic nitrogens is 2. The summed E-state index contributed by atoms with van der Waals surface area (Å²) in [5.41, 5.74) is 2.35. The Morgan fingerprint density at radius 3 is 2.90 bits per heavy atom. The third-order valence-electron chi connectivity index (χ3n) is 4.16. The summed E-state index contributed by atoms with van der Waals surface area (Å²) in [6, 6.07) is 3.39. The molecule has 2 aromatic rings. The molecule has 3 nitrogen and oxygen atoms in total. The van der Waals surface area contributed by atoms with Gasteiger partial charge in [0.1, 0.15) is 11.6 Å². The molecule has 0 aliphatic carbocycles. The maximum atomic E-state index is 13.7. The van der Waals surface area contributed by atoms with E-state index in [1.807, 2.05) is 6.07 Å². The highest BCUT2D eigenvalue weighted by Crippen LogP contribution is 2.25. The first-order valence-electron chi connectivity index (χ1n) is 6.98. The van der Waals surface area contributed by atoms with Crippen LogP contribution < -0.4 is 0 Å². The molecule has 1 saturated heterocycles. The predicted molar refractivity (Wildman–Crippen MR) is 79.6 cm³/mol. The molecule has 3 rings (SSSR count). The molecule has 0 spiro atoms. The van der Waals surface area contributed by atoms with Gasteiger partial charge in [0, 0.05) is 19.2 Å². The second-order valence-electron chi connectivity index (χ2n) is 5.78. The number of halogens is 2. The number of benzene rings is 1. The monoisotopic (exact) mass is 295 g/mol. The topological polar surface area (TPSA) is 21.1 Å². The van der Waals surface area contributed by atoms with Crippen molar-refractivity contribution in [3.63, 3.8) is 0 Å². The number of hydrogen-bond acceptors (Lipinski definition) is 2.